The second-order valence-electron chi connectivity index (χ2n) is 4.32. The highest BCUT2D eigenvalue weighted by Crippen LogP contribution is 2.24. The van der Waals surface area contributed by atoms with Crippen LogP contribution in [0.15, 0.2) is 33.9 Å². The molecule has 0 bridgehead atoms. The van der Waals surface area contributed by atoms with E-state index in [4.69, 9.17) is 0 Å². The fraction of sp³-hybridized carbons (Fsp3) is 0.231. The van der Waals surface area contributed by atoms with E-state index in [0.717, 1.165) is 5.56 Å². The monoisotopic (exact) mass is 297 g/mol. The number of hydrogen-bond donors (Lipinski definition) is 2. The van der Waals surface area contributed by atoms with Crippen molar-refractivity contribution in [3.05, 3.63) is 45.6 Å². The molecule has 1 heterocycles. The summed E-state index contributed by atoms with van der Waals surface area (Å²) in [6.07, 6.45) is 0. The standard InChI is InChI=1S/C13H15NO3S2/c1-9-5-10(2)13(6-11(9)7-15)19(16,17)14-12-3-4-18-8-12/h3-6,8,14-15H,7H2,1-2H3. The van der Waals surface area contributed by atoms with Crippen LogP contribution in [0, 0.1) is 13.8 Å². The molecule has 4 nitrogen and oxygen atoms in total. The number of aryl methyl sites for hydroxylation is 2. The summed E-state index contributed by atoms with van der Waals surface area (Å²) in [5.74, 6) is 0. The van der Waals surface area contributed by atoms with Crippen LogP contribution in [-0.4, -0.2) is 13.5 Å². The molecule has 0 unspecified atom stereocenters. The molecule has 0 amide bonds. The molecule has 0 radical (unpaired) electrons. The Morgan fingerprint density at radius 1 is 1.26 bits per heavy atom. The molecule has 0 spiro atoms. The van der Waals surface area contributed by atoms with Crippen LogP contribution in [0.3, 0.4) is 0 Å². The van der Waals surface area contributed by atoms with Crippen LogP contribution in [0.1, 0.15) is 16.7 Å². The highest BCUT2D eigenvalue weighted by atomic mass is 32.2. The number of nitrogens with one attached hydrogen (secondary N) is 1. The highest BCUT2D eigenvalue weighted by molar-refractivity contribution is 7.92. The largest absolute Gasteiger partial charge is 0.392 e. The predicted molar refractivity (Wildman–Crippen MR) is 77.0 cm³/mol. The summed E-state index contributed by atoms with van der Waals surface area (Å²) in [6.45, 7) is 3.42. The van der Waals surface area contributed by atoms with Gasteiger partial charge in [-0.3, -0.25) is 4.72 Å². The molecule has 0 saturated carbocycles. The third-order valence-electron chi connectivity index (χ3n) is 2.87. The van der Waals surface area contributed by atoms with Gasteiger partial charge in [0, 0.05) is 5.38 Å². The first kappa shape index (κ1) is 14.0. The molecule has 2 rings (SSSR count). The summed E-state index contributed by atoms with van der Waals surface area (Å²) in [5, 5.41) is 12.8. The Hall–Kier alpha value is -1.37. The smallest absolute Gasteiger partial charge is 0.262 e. The van der Waals surface area contributed by atoms with E-state index in [-0.39, 0.29) is 11.5 Å². The van der Waals surface area contributed by atoms with Gasteiger partial charge in [-0.2, -0.15) is 11.3 Å². The molecule has 0 aliphatic rings. The van der Waals surface area contributed by atoms with Gasteiger partial charge in [0.15, 0.2) is 0 Å². The Bertz CT molecular complexity index is 676. The van der Waals surface area contributed by atoms with E-state index in [9.17, 15) is 13.5 Å². The van der Waals surface area contributed by atoms with Crippen molar-refractivity contribution in [2.24, 2.45) is 0 Å². The molecular weight excluding hydrogens is 282 g/mol. The molecule has 6 heteroatoms. The molecule has 0 fully saturated rings. The van der Waals surface area contributed by atoms with Crippen LogP contribution >= 0.6 is 11.3 Å². The van der Waals surface area contributed by atoms with Crippen molar-refractivity contribution < 1.29 is 13.5 Å². The van der Waals surface area contributed by atoms with E-state index in [0.29, 0.717) is 16.8 Å². The Morgan fingerprint density at radius 2 is 2.00 bits per heavy atom. The number of aliphatic hydroxyl groups is 1. The van der Waals surface area contributed by atoms with E-state index in [1.165, 1.54) is 17.4 Å². The molecule has 2 aromatic rings. The maximum absolute atomic E-state index is 12.3. The zero-order chi connectivity index (χ0) is 14.0. The van der Waals surface area contributed by atoms with Crippen molar-refractivity contribution >= 4 is 27.0 Å². The molecule has 0 atom stereocenters. The maximum atomic E-state index is 12.3. The first-order chi connectivity index (χ1) is 8.94. The number of thiophene rings is 1. The van der Waals surface area contributed by atoms with Crippen molar-refractivity contribution in [2.45, 2.75) is 25.3 Å². The van der Waals surface area contributed by atoms with E-state index in [1.807, 2.05) is 6.92 Å². The lowest BCUT2D eigenvalue weighted by Crippen LogP contribution is -2.14. The fourth-order valence-electron chi connectivity index (χ4n) is 1.87. The van der Waals surface area contributed by atoms with Crippen molar-refractivity contribution in [1.29, 1.82) is 0 Å². The van der Waals surface area contributed by atoms with Gasteiger partial charge in [-0.1, -0.05) is 6.07 Å². The number of rotatable bonds is 4. The second kappa shape index (κ2) is 5.32. The Morgan fingerprint density at radius 3 is 2.58 bits per heavy atom. The molecule has 1 aromatic heterocycles. The Kier molecular flexibility index (Phi) is 3.93. The highest BCUT2D eigenvalue weighted by Gasteiger charge is 2.18. The first-order valence-electron chi connectivity index (χ1n) is 5.70. The van der Waals surface area contributed by atoms with Crippen LogP contribution in [0.4, 0.5) is 5.69 Å². The average Bonchev–Trinajstić information content (AvgIpc) is 2.80. The molecule has 0 saturated heterocycles. The SMILES string of the molecule is Cc1cc(C)c(S(=O)(=O)Nc2ccsc2)cc1CO. The molecule has 0 aliphatic carbocycles. The average molecular weight is 297 g/mol. The normalized spacial score (nSPS) is 11.5. The molecule has 1 aromatic carbocycles. The van der Waals surface area contributed by atoms with Gasteiger partial charge < -0.3 is 5.11 Å². The fourth-order valence-corrected chi connectivity index (χ4v) is 3.86. The van der Waals surface area contributed by atoms with Gasteiger partial charge in [0.05, 0.1) is 17.2 Å². The third-order valence-corrected chi connectivity index (χ3v) is 5.07. The number of benzene rings is 1. The molecule has 0 aliphatic heterocycles. The summed E-state index contributed by atoms with van der Waals surface area (Å²) in [6, 6.07) is 5.01. The molecule has 102 valence electrons. The molecule has 19 heavy (non-hydrogen) atoms. The summed E-state index contributed by atoms with van der Waals surface area (Å²) in [5.41, 5.74) is 2.72. The second-order valence-corrected chi connectivity index (χ2v) is 6.75. The van der Waals surface area contributed by atoms with Crippen LogP contribution in [0.25, 0.3) is 0 Å². The van der Waals surface area contributed by atoms with Gasteiger partial charge >= 0.3 is 0 Å². The minimum Gasteiger partial charge on any atom is -0.392 e. The van der Waals surface area contributed by atoms with Crippen molar-refractivity contribution in [3.63, 3.8) is 0 Å². The van der Waals surface area contributed by atoms with Crippen molar-refractivity contribution in [3.8, 4) is 0 Å². The predicted octanol–water partition coefficient (Wildman–Crippen LogP) is 2.66. The number of sulfonamides is 1. The quantitative estimate of drug-likeness (QED) is 0.911. The zero-order valence-corrected chi connectivity index (χ0v) is 12.3. The molecule has 2 N–H and O–H groups in total. The van der Waals surface area contributed by atoms with Gasteiger partial charge in [-0.15, -0.1) is 0 Å². The minimum absolute atomic E-state index is 0.174. The lowest BCUT2D eigenvalue weighted by molar-refractivity contribution is 0.280. The van der Waals surface area contributed by atoms with Gasteiger partial charge in [0.2, 0.25) is 0 Å². The van der Waals surface area contributed by atoms with Gasteiger partial charge in [-0.05, 0) is 48.1 Å². The summed E-state index contributed by atoms with van der Waals surface area (Å²) in [4.78, 5) is 0.202. The van der Waals surface area contributed by atoms with Crippen molar-refractivity contribution in [2.75, 3.05) is 4.72 Å². The van der Waals surface area contributed by atoms with E-state index >= 15 is 0 Å². The Balaban J connectivity index is 2.45. The third kappa shape index (κ3) is 2.97. The number of aliphatic hydroxyl groups excluding tert-OH is 1. The van der Waals surface area contributed by atoms with E-state index in [1.54, 1.807) is 29.8 Å². The van der Waals surface area contributed by atoms with Crippen LogP contribution in [0.5, 0.6) is 0 Å². The summed E-state index contributed by atoms with van der Waals surface area (Å²) in [7, 11) is -3.62. The van der Waals surface area contributed by atoms with Gasteiger partial charge in [0.1, 0.15) is 0 Å². The van der Waals surface area contributed by atoms with E-state index in [2.05, 4.69) is 4.72 Å². The molecular formula is C13H15NO3S2. The topological polar surface area (TPSA) is 66.4 Å². The lowest BCUT2D eigenvalue weighted by Gasteiger charge is -2.12. The summed E-state index contributed by atoms with van der Waals surface area (Å²) < 4.78 is 27.2. The minimum atomic E-state index is -3.62. The first-order valence-corrected chi connectivity index (χ1v) is 8.12. The van der Waals surface area contributed by atoms with Crippen LogP contribution < -0.4 is 4.72 Å². The van der Waals surface area contributed by atoms with Crippen molar-refractivity contribution in [1.82, 2.24) is 0 Å². The van der Waals surface area contributed by atoms with Gasteiger partial charge in [0.25, 0.3) is 10.0 Å². The van der Waals surface area contributed by atoms with Gasteiger partial charge in [-0.25, -0.2) is 8.42 Å². The number of hydrogen-bond acceptors (Lipinski definition) is 4. The maximum Gasteiger partial charge on any atom is 0.262 e. The van der Waals surface area contributed by atoms with Crippen LogP contribution in [-0.2, 0) is 16.6 Å². The lowest BCUT2D eigenvalue weighted by atomic mass is 10.1. The zero-order valence-electron chi connectivity index (χ0n) is 10.7. The summed E-state index contributed by atoms with van der Waals surface area (Å²) >= 11 is 1.42. The Labute approximate surface area is 116 Å². The van der Waals surface area contributed by atoms with E-state index < -0.39 is 10.0 Å². The van der Waals surface area contributed by atoms with Crippen LogP contribution in [0.2, 0.25) is 0 Å². The number of anilines is 1.